The summed E-state index contributed by atoms with van der Waals surface area (Å²) in [5.41, 5.74) is 4.11. The van der Waals surface area contributed by atoms with Crippen LogP contribution in [0.15, 0.2) is 53.0 Å². The van der Waals surface area contributed by atoms with Gasteiger partial charge < -0.3 is 5.32 Å². The highest BCUT2D eigenvalue weighted by molar-refractivity contribution is 9.10. The fourth-order valence-electron chi connectivity index (χ4n) is 2.39. The molecule has 20 heavy (non-hydrogen) atoms. The van der Waals surface area contributed by atoms with Crippen molar-refractivity contribution in [1.29, 1.82) is 0 Å². The third-order valence-electron chi connectivity index (χ3n) is 3.61. The standard InChI is InChI=1S/C18H22BrN/c1-18(2,3)14-11-9-13(10-12-14)17(20-4)15-7-5-6-8-16(15)19/h5-12,17,20H,1-4H3. The van der Waals surface area contributed by atoms with Crippen LogP contribution in [-0.2, 0) is 5.41 Å². The zero-order chi connectivity index (χ0) is 14.8. The number of rotatable bonds is 3. The highest BCUT2D eigenvalue weighted by Gasteiger charge is 2.17. The van der Waals surface area contributed by atoms with Crippen molar-refractivity contribution in [3.8, 4) is 0 Å². The van der Waals surface area contributed by atoms with Gasteiger partial charge in [0, 0.05) is 4.47 Å². The molecule has 0 aliphatic heterocycles. The lowest BCUT2D eigenvalue weighted by Gasteiger charge is -2.22. The van der Waals surface area contributed by atoms with Gasteiger partial charge in [-0.2, -0.15) is 0 Å². The molecule has 0 saturated heterocycles. The Morgan fingerprint density at radius 3 is 2.05 bits per heavy atom. The molecule has 0 fully saturated rings. The van der Waals surface area contributed by atoms with Crippen LogP contribution in [0.2, 0.25) is 0 Å². The third kappa shape index (κ3) is 3.31. The van der Waals surface area contributed by atoms with E-state index in [1.54, 1.807) is 0 Å². The summed E-state index contributed by atoms with van der Waals surface area (Å²) in [5, 5.41) is 3.40. The maximum Gasteiger partial charge on any atom is 0.0585 e. The zero-order valence-electron chi connectivity index (χ0n) is 12.6. The van der Waals surface area contributed by atoms with E-state index in [9.17, 15) is 0 Å². The van der Waals surface area contributed by atoms with Crippen LogP contribution in [0.25, 0.3) is 0 Å². The summed E-state index contributed by atoms with van der Waals surface area (Å²) in [4.78, 5) is 0. The quantitative estimate of drug-likeness (QED) is 0.829. The first-order valence-electron chi connectivity index (χ1n) is 6.95. The van der Waals surface area contributed by atoms with E-state index in [-0.39, 0.29) is 11.5 Å². The topological polar surface area (TPSA) is 12.0 Å². The molecule has 0 aliphatic rings. The molecule has 1 unspecified atom stereocenters. The average Bonchev–Trinajstić information content (AvgIpc) is 2.41. The molecule has 0 amide bonds. The van der Waals surface area contributed by atoms with E-state index in [1.165, 1.54) is 16.7 Å². The van der Waals surface area contributed by atoms with Crippen molar-refractivity contribution >= 4 is 15.9 Å². The Labute approximate surface area is 130 Å². The summed E-state index contributed by atoms with van der Waals surface area (Å²) < 4.78 is 1.14. The van der Waals surface area contributed by atoms with Crippen LogP contribution in [0.3, 0.4) is 0 Å². The van der Waals surface area contributed by atoms with Gasteiger partial charge in [0.1, 0.15) is 0 Å². The number of hydrogen-bond acceptors (Lipinski definition) is 1. The van der Waals surface area contributed by atoms with E-state index >= 15 is 0 Å². The van der Waals surface area contributed by atoms with E-state index in [4.69, 9.17) is 0 Å². The van der Waals surface area contributed by atoms with Crippen molar-refractivity contribution in [3.05, 3.63) is 69.7 Å². The third-order valence-corrected chi connectivity index (χ3v) is 4.34. The highest BCUT2D eigenvalue weighted by Crippen LogP contribution is 2.30. The van der Waals surface area contributed by atoms with Gasteiger partial charge in [-0.15, -0.1) is 0 Å². The lowest BCUT2D eigenvalue weighted by Crippen LogP contribution is -2.18. The number of hydrogen-bond donors (Lipinski definition) is 1. The van der Waals surface area contributed by atoms with Crippen LogP contribution in [0, 0.1) is 0 Å². The second-order valence-electron chi connectivity index (χ2n) is 6.12. The van der Waals surface area contributed by atoms with E-state index < -0.39 is 0 Å². The zero-order valence-corrected chi connectivity index (χ0v) is 14.2. The van der Waals surface area contributed by atoms with Crippen LogP contribution in [0.4, 0.5) is 0 Å². The molecule has 0 bridgehead atoms. The fraction of sp³-hybridized carbons (Fsp3) is 0.333. The number of nitrogens with one attached hydrogen (secondary N) is 1. The van der Waals surface area contributed by atoms with Gasteiger partial charge in [-0.05, 0) is 35.2 Å². The molecule has 2 rings (SSSR count). The van der Waals surface area contributed by atoms with Crippen molar-refractivity contribution in [1.82, 2.24) is 5.32 Å². The molecule has 2 aromatic carbocycles. The van der Waals surface area contributed by atoms with Crippen LogP contribution in [0.5, 0.6) is 0 Å². The molecule has 0 saturated carbocycles. The van der Waals surface area contributed by atoms with Gasteiger partial charge in [0.15, 0.2) is 0 Å². The second kappa shape index (κ2) is 6.11. The van der Waals surface area contributed by atoms with Gasteiger partial charge in [0.25, 0.3) is 0 Å². The van der Waals surface area contributed by atoms with Crippen LogP contribution >= 0.6 is 15.9 Å². The SMILES string of the molecule is CNC(c1ccc(C(C)(C)C)cc1)c1ccccc1Br. The predicted octanol–water partition coefficient (Wildman–Crippen LogP) is 5.06. The Bertz CT molecular complexity index is 567. The molecule has 1 N–H and O–H groups in total. The fourth-order valence-corrected chi connectivity index (χ4v) is 2.90. The van der Waals surface area contributed by atoms with Gasteiger partial charge >= 0.3 is 0 Å². The summed E-state index contributed by atoms with van der Waals surface area (Å²) in [6.45, 7) is 6.72. The van der Waals surface area contributed by atoms with Crippen molar-refractivity contribution in [2.75, 3.05) is 7.05 Å². The van der Waals surface area contributed by atoms with Crippen molar-refractivity contribution in [2.45, 2.75) is 32.2 Å². The monoisotopic (exact) mass is 331 g/mol. The number of benzene rings is 2. The molecule has 0 spiro atoms. The molecule has 2 aromatic rings. The van der Waals surface area contributed by atoms with Gasteiger partial charge in [-0.1, -0.05) is 79.2 Å². The van der Waals surface area contributed by atoms with Crippen molar-refractivity contribution in [3.63, 3.8) is 0 Å². The Morgan fingerprint density at radius 2 is 1.55 bits per heavy atom. The summed E-state index contributed by atoms with van der Waals surface area (Å²) in [7, 11) is 2.00. The van der Waals surface area contributed by atoms with Gasteiger partial charge in [-0.25, -0.2) is 0 Å². The van der Waals surface area contributed by atoms with Crippen molar-refractivity contribution < 1.29 is 0 Å². The minimum Gasteiger partial charge on any atom is -0.309 e. The average molecular weight is 332 g/mol. The minimum atomic E-state index is 0.195. The van der Waals surface area contributed by atoms with Gasteiger partial charge in [-0.3, -0.25) is 0 Å². The maximum atomic E-state index is 3.64. The lowest BCUT2D eigenvalue weighted by molar-refractivity contribution is 0.589. The molecule has 0 radical (unpaired) electrons. The van der Waals surface area contributed by atoms with Gasteiger partial charge in [0.2, 0.25) is 0 Å². The first-order valence-corrected chi connectivity index (χ1v) is 7.75. The molecular formula is C18H22BrN. The maximum absolute atomic E-state index is 3.64. The normalized spacial score (nSPS) is 13.2. The Morgan fingerprint density at radius 1 is 0.950 bits per heavy atom. The van der Waals surface area contributed by atoms with Gasteiger partial charge in [0.05, 0.1) is 6.04 Å². The van der Waals surface area contributed by atoms with Crippen LogP contribution < -0.4 is 5.32 Å². The summed E-state index contributed by atoms with van der Waals surface area (Å²) >= 11 is 3.64. The molecule has 0 heterocycles. The highest BCUT2D eigenvalue weighted by atomic mass is 79.9. The summed E-state index contributed by atoms with van der Waals surface area (Å²) in [6, 6.07) is 17.5. The van der Waals surface area contributed by atoms with E-state index in [2.05, 4.69) is 84.5 Å². The molecule has 1 nitrogen and oxygen atoms in total. The van der Waals surface area contributed by atoms with Crippen LogP contribution in [-0.4, -0.2) is 7.05 Å². The summed E-state index contributed by atoms with van der Waals surface area (Å²) in [5.74, 6) is 0. The van der Waals surface area contributed by atoms with E-state index in [1.807, 2.05) is 13.1 Å². The molecular weight excluding hydrogens is 310 g/mol. The largest absolute Gasteiger partial charge is 0.309 e. The van der Waals surface area contributed by atoms with Crippen LogP contribution in [0.1, 0.15) is 43.5 Å². The Kier molecular flexibility index (Phi) is 4.66. The Balaban J connectivity index is 2.36. The second-order valence-corrected chi connectivity index (χ2v) is 6.97. The molecule has 106 valence electrons. The van der Waals surface area contributed by atoms with Crippen molar-refractivity contribution in [2.24, 2.45) is 0 Å². The molecule has 0 aliphatic carbocycles. The lowest BCUT2D eigenvalue weighted by atomic mass is 9.86. The minimum absolute atomic E-state index is 0.195. The summed E-state index contributed by atoms with van der Waals surface area (Å²) in [6.07, 6.45) is 0. The van der Waals surface area contributed by atoms with E-state index in [0.29, 0.717) is 0 Å². The molecule has 1 atom stereocenters. The Hall–Kier alpha value is -1.12. The molecule has 0 aromatic heterocycles. The smallest absolute Gasteiger partial charge is 0.0585 e. The molecule has 2 heteroatoms. The number of halogens is 1. The van der Waals surface area contributed by atoms with E-state index in [0.717, 1.165) is 4.47 Å². The first kappa shape index (κ1) is 15.3. The first-order chi connectivity index (χ1) is 9.43. The predicted molar refractivity (Wildman–Crippen MR) is 90.2 cm³/mol.